The predicted octanol–water partition coefficient (Wildman–Crippen LogP) is 4.08. The summed E-state index contributed by atoms with van der Waals surface area (Å²) >= 11 is 0. The Morgan fingerprint density at radius 2 is 1.82 bits per heavy atom. The summed E-state index contributed by atoms with van der Waals surface area (Å²) in [6.07, 6.45) is 3.41. The molecule has 3 aromatic rings. The highest BCUT2D eigenvalue weighted by Crippen LogP contribution is 2.29. The number of pyridine rings is 2. The van der Waals surface area contributed by atoms with Crippen molar-refractivity contribution in [1.82, 2.24) is 19.9 Å². The van der Waals surface area contributed by atoms with E-state index in [1.165, 1.54) is 0 Å². The van der Waals surface area contributed by atoms with E-state index in [0.29, 0.717) is 12.5 Å². The normalized spacial score (nSPS) is 17.7. The molecule has 8 nitrogen and oxygen atoms in total. The molecule has 1 N–H and O–H groups in total. The van der Waals surface area contributed by atoms with E-state index >= 15 is 0 Å². The molecule has 2 unspecified atom stereocenters. The second kappa shape index (κ2) is 10.8. The highest BCUT2D eigenvalue weighted by molar-refractivity contribution is 5.66. The fraction of sp³-hybridized carbons (Fsp3) is 0.462. The summed E-state index contributed by atoms with van der Waals surface area (Å²) in [5.41, 5.74) is 4.64. The Morgan fingerprint density at radius 3 is 2.47 bits per heavy atom. The van der Waals surface area contributed by atoms with Crippen LogP contribution in [-0.2, 0) is 17.6 Å². The number of nitrogens with zero attached hydrogens (tertiary/aromatic N) is 5. The van der Waals surface area contributed by atoms with Crippen molar-refractivity contribution in [3.8, 4) is 17.1 Å². The highest BCUT2D eigenvalue weighted by atomic mass is 16.5. The van der Waals surface area contributed by atoms with Gasteiger partial charge in [0.25, 0.3) is 0 Å². The van der Waals surface area contributed by atoms with Crippen LogP contribution in [0.25, 0.3) is 11.3 Å². The van der Waals surface area contributed by atoms with Gasteiger partial charge in [0.1, 0.15) is 11.6 Å². The topological polar surface area (TPSA) is 85.3 Å². The Hall–Kier alpha value is -3.26. The molecule has 1 fully saturated rings. The fourth-order valence-corrected chi connectivity index (χ4v) is 4.43. The van der Waals surface area contributed by atoms with E-state index in [-0.39, 0.29) is 12.1 Å². The van der Waals surface area contributed by atoms with Crippen LogP contribution in [0.5, 0.6) is 5.88 Å². The second-order valence-electron chi connectivity index (χ2n) is 8.35. The van der Waals surface area contributed by atoms with Crippen molar-refractivity contribution in [2.75, 3.05) is 37.0 Å². The first-order chi connectivity index (χ1) is 16.6. The van der Waals surface area contributed by atoms with Crippen LogP contribution in [0.1, 0.15) is 37.9 Å². The summed E-state index contributed by atoms with van der Waals surface area (Å²) in [7, 11) is 1.63. The Labute approximate surface area is 201 Å². The van der Waals surface area contributed by atoms with E-state index in [1.807, 2.05) is 50.4 Å². The summed E-state index contributed by atoms with van der Waals surface area (Å²) < 4.78 is 11.4. The number of hydrogen-bond donors (Lipinski definition) is 1. The van der Waals surface area contributed by atoms with Gasteiger partial charge in [-0.1, -0.05) is 19.9 Å². The Kier molecular flexibility index (Phi) is 7.57. The van der Waals surface area contributed by atoms with Gasteiger partial charge in [-0.15, -0.1) is 0 Å². The number of aromatic nitrogens is 4. The largest absolute Gasteiger partial charge is 0.481 e. The Balaban J connectivity index is 1.65. The third kappa shape index (κ3) is 4.97. The third-order valence-corrected chi connectivity index (χ3v) is 6.18. The number of aryl methyl sites for hydroxylation is 3. The van der Waals surface area contributed by atoms with Gasteiger partial charge < -0.3 is 19.7 Å². The third-order valence-electron chi connectivity index (χ3n) is 6.18. The average Bonchev–Trinajstić information content (AvgIpc) is 3.26. The molecule has 1 saturated heterocycles. The minimum atomic E-state index is 0.0382. The number of anilines is 2. The van der Waals surface area contributed by atoms with Gasteiger partial charge in [-0.05, 0) is 44.9 Å². The highest BCUT2D eigenvalue weighted by Gasteiger charge is 2.35. The van der Waals surface area contributed by atoms with E-state index in [9.17, 15) is 0 Å². The second-order valence-corrected chi connectivity index (χ2v) is 8.35. The van der Waals surface area contributed by atoms with Crippen LogP contribution in [0.3, 0.4) is 0 Å². The van der Waals surface area contributed by atoms with Crippen LogP contribution in [0, 0.1) is 6.92 Å². The molecule has 2 atom stereocenters. The minimum absolute atomic E-state index is 0.0382. The van der Waals surface area contributed by atoms with Gasteiger partial charge in [0.05, 0.1) is 42.0 Å². The molecule has 0 bridgehead atoms. The zero-order valence-electron chi connectivity index (χ0n) is 20.7. The zero-order chi connectivity index (χ0) is 24.1. The van der Waals surface area contributed by atoms with Gasteiger partial charge in [0.15, 0.2) is 0 Å². The molecule has 3 aromatic heterocycles. The monoisotopic (exact) mass is 462 g/mol. The molecule has 1 aliphatic rings. The maximum Gasteiger partial charge on any atom is 0.213 e. The lowest BCUT2D eigenvalue weighted by atomic mass is 10.1. The van der Waals surface area contributed by atoms with Crippen LogP contribution >= 0.6 is 0 Å². The minimum Gasteiger partial charge on any atom is -0.481 e. The van der Waals surface area contributed by atoms with Crippen molar-refractivity contribution in [2.45, 2.75) is 52.7 Å². The number of hydrogen-bond acceptors (Lipinski definition) is 8. The fourth-order valence-electron chi connectivity index (χ4n) is 4.43. The van der Waals surface area contributed by atoms with E-state index in [0.717, 1.165) is 65.9 Å². The molecule has 0 aliphatic carbocycles. The molecule has 0 aromatic carbocycles. The van der Waals surface area contributed by atoms with Gasteiger partial charge in [-0.3, -0.25) is 0 Å². The Morgan fingerprint density at radius 1 is 1.00 bits per heavy atom. The molecule has 4 heterocycles. The Bertz CT molecular complexity index is 1110. The van der Waals surface area contributed by atoms with Crippen molar-refractivity contribution >= 4 is 11.6 Å². The predicted molar refractivity (Wildman–Crippen MR) is 135 cm³/mol. The quantitative estimate of drug-likeness (QED) is 0.509. The van der Waals surface area contributed by atoms with Crippen molar-refractivity contribution < 1.29 is 9.47 Å². The lowest BCUT2D eigenvalue weighted by Gasteiger charge is -2.22. The number of ether oxygens (including phenoxy) is 2. The lowest BCUT2D eigenvalue weighted by Crippen LogP contribution is -2.35. The molecule has 8 heteroatoms. The van der Waals surface area contributed by atoms with E-state index in [2.05, 4.69) is 34.0 Å². The maximum absolute atomic E-state index is 6.10. The molecular formula is C26H34N6O2. The zero-order valence-corrected chi connectivity index (χ0v) is 20.7. The van der Waals surface area contributed by atoms with Crippen LogP contribution < -0.4 is 15.0 Å². The number of rotatable bonds is 9. The van der Waals surface area contributed by atoms with Crippen molar-refractivity contribution in [1.29, 1.82) is 0 Å². The van der Waals surface area contributed by atoms with Crippen LogP contribution in [0.15, 0.2) is 36.5 Å². The molecule has 0 amide bonds. The first kappa shape index (κ1) is 23.9. The summed E-state index contributed by atoms with van der Waals surface area (Å²) in [5.74, 6) is 2.40. The van der Waals surface area contributed by atoms with Gasteiger partial charge in [0.2, 0.25) is 5.88 Å². The molecule has 0 radical (unpaired) electrons. The lowest BCUT2D eigenvalue weighted by molar-refractivity contribution is 0.0719. The summed E-state index contributed by atoms with van der Waals surface area (Å²) in [6, 6.07) is 9.97. The van der Waals surface area contributed by atoms with Gasteiger partial charge in [-0.2, -0.15) is 0 Å². The first-order valence-corrected chi connectivity index (χ1v) is 12.0. The number of nitrogens with one attached hydrogen (secondary N) is 1. The van der Waals surface area contributed by atoms with Crippen LogP contribution in [0.2, 0.25) is 0 Å². The van der Waals surface area contributed by atoms with E-state index in [1.54, 1.807) is 7.11 Å². The standard InChI is InChI=1S/C26H34N6O2/c1-6-19-25(18-12-13-24(33-5)28-17(18)4)29-20(7-2)26(30-19)31-21-15-32(16-22(21)34-8-3)23-11-9-10-14-27-23/h9-14,21-22H,6-8,15-16H2,1-5H3,(H,30,31). The summed E-state index contributed by atoms with van der Waals surface area (Å²) in [4.78, 5) is 21.4. The average molecular weight is 463 g/mol. The smallest absolute Gasteiger partial charge is 0.213 e. The number of methoxy groups -OCH3 is 1. The van der Waals surface area contributed by atoms with E-state index < -0.39 is 0 Å². The summed E-state index contributed by atoms with van der Waals surface area (Å²) in [5, 5.41) is 3.68. The SMILES string of the molecule is CCOC1CN(c2ccccn2)CC1Nc1nc(CC)c(-c2ccc(OC)nc2C)nc1CC. The van der Waals surface area contributed by atoms with Gasteiger partial charge in [0, 0.05) is 37.5 Å². The first-order valence-electron chi connectivity index (χ1n) is 12.0. The molecule has 34 heavy (non-hydrogen) atoms. The summed E-state index contributed by atoms with van der Waals surface area (Å²) in [6.45, 7) is 10.5. The molecule has 180 valence electrons. The van der Waals surface area contributed by atoms with Crippen molar-refractivity contribution in [2.24, 2.45) is 0 Å². The van der Waals surface area contributed by atoms with Crippen LogP contribution in [0.4, 0.5) is 11.6 Å². The molecule has 4 rings (SSSR count). The van der Waals surface area contributed by atoms with Crippen molar-refractivity contribution in [3.05, 3.63) is 53.6 Å². The maximum atomic E-state index is 6.10. The molecule has 0 saturated carbocycles. The molecular weight excluding hydrogens is 428 g/mol. The molecule has 1 aliphatic heterocycles. The van der Waals surface area contributed by atoms with E-state index in [4.69, 9.17) is 19.4 Å². The van der Waals surface area contributed by atoms with Gasteiger partial charge >= 0.3 is 0 Å². The van der Waals surface area contributed by atoms with Gasteiger partial charge in [-0.25, -0.2) is 19.9 Å². The van der Waals surface area contributed by atoms with Crippen molar-refractivity contribution in [3.63, 3.8) is 0 Å². The molecule has 0 spiro atoms. The van der Waals surface area contributed by atoms with Crippen LogP contribution in [-0.4, -0.2) is 58.9 Å².